The van der Waals surface area contributed by atoms with Gasteiger partial charge in [-0.25, -0.2) is 4.79 Å². The van der Waals surface area contributed by atoms with Crippen LogP contribution in [0.25, 0.3) is 0 Å². The predicted octanol–water partition coefficient (Wildman–Crippen LogP) is 2.76. The van der Waals surface area contributed by atoms with Crippen molar-refractivity contribution in [3.63, 3.8) is 0 Å². The molecule has 2 rings (SSSR count). The molecule has 0 saturated carbocycles. The number of aliphatic hydroxyl groups excluding tert-OH is 1. The number of esters is 1. The molecule has 0 saturated heterocycles. The maximum atomic E-state index is 11.3. The molecular formula is C15H14O4. The van der Waals surface area contributed by atoms with Crippen LogP contribution in [0.5, 0.6) is 11.5 Å². The van der Waals surface area contributed by atoms with Crippen LogP contribution in [0.3, 0.4) is 0 Å². The number of methoxy groups -OCH3 is 1. The maximum Gasteiger partial charge on any atom is 0.337 e. The highest BCUT2D eigenvalue weighted by Crippen LogP contribution is 2.22. The van der Waals surface area contributed by atoms with Crippen LogP contribution in [0.1, 0.15) is 15.9 Å². The first-order valence-electron chi connectivity index (χ1n) is 5.79. The monoisotopic (exact) mass is 258 g/mol. The molecule has 0 atom stereocenters. The highest BCUT2D eigenvalue weighted by molar-refractivity contribution is 5.89. The lowest BCUT2D eigenvalue weighted by Crippen LogP contribution is -2.00. The van der Waals surface area contributed by atoms with Gasteiger partial charge in [-0.3, -0.25) is 0 Å². The Kier molecular flexibility index (Phi) is 4.15. The van der Waals surface area contributed by atoms with E-state index in [0.717, 1.165) is 5.56 Å². The molecule has 4 heteroatoms. The molecule has 2 aromatic rings. The zero-order valence-corrected chi connectivity index (χ0v) is 10.5. The standard InChI is InChI=1S/C15H14O4/c1-18-15(17)12-4-8-14(9-5-12)19-13-6-2-11(10-16)3-7-13/h2-9,16H,10H2,1H3. The van der Waals surface area contributed by atoms with Crippen LogP contribution in [0.2, 0.25) is 0 Å². The van der Waals surface area contributed by atoms with Crippen molar-refractivity contribution in [1.29, 1.82) is 0 Å². The molecule has 4 nitrogen and oxygen atoms in total. The second kappa shape index (κ2) is 6.02. The lowest BCUT2D eigenvalue weighted by Gasteiger charge is -2.06. The van der Waals surface area contributed by atoms with E-state index in [2.05, 4.69) is 4.74 Å². The first-order valence-corrected chi connectivity index (χ1v) is 5.79. The number of hydrogen-bond acceptors (Lipinski definition) is 4. The first-order chi connectivity index (χ1) is 9.22. The van der Waals surface area contributed by atoms with Gasteiger partial charge in [0.1, 0.15) is 11.5 Å². The average molecular weight is 258 g/mol. The molecule has 0 aliphatic rings. The third-order valence-electron chi connectivity index (χ3n) is 2.62. The number of carbonyl (C=O) groups excluding carboxylic acids is 1. The molecular weight excluding hydrogens is 244 g/mol. The number of aliphatic hydroxyl groups is 1. The molecule has 1 N–H and O–H groups in total. The summed E-state index contributed by atoms with van der Waals surface area (Å²) in [5.74, 6) is 0.922. The molecule has 0 bridgehead atoms. The van der Waals surface area contributed by atoms with Gasteiger partial charge in [-0.1, -0.05) is 12.1 Å². The Bertz CT molecular complexity index is 543. The van der Waals surface area contributed by atoms with Crippen LogP contribution < -0.4 is 4.74 Å². The Morgan fingerprint density at radius 3 is 2.00 bits per heavy atom. The van der Waals surface area contributed by atoms with Gasteiger partial charge in [0.05, 0.1) is 19.3 Å². The topological polar surface area (TPSA) is 55.8 Å². The summed E-state index contributed by atoms with van der Waals surface area (Å²) >= 11 is 0. The van der Waals surface area contributed by atoms with E-state index in [0.29, 0.717) is 17.1 Å². The van der Waals surface area contributed by atoms with Crippen molar-refractivity contribution in [2.45, 2.75) is 6.61 Å². The molecule has 98 valence electrons. The van der Waals surface area contributed by atoms with Gasteiger partial charge in [0, 0.05) is 0 Å². The van der Waals surface area contributed by atoms with Gasteiger partial charge in [0.2, 0.25) is 0 Å². The molecule has 0 spiro atoms. The van der Waals surface area contributed by atoms with E-state index in [-0.39, 0.29) is 12.6 Å². The summed E-state index contributed by atoms with van der Waals surface area (Å²) in [6, 6.07) is 13.8. The highest BCUT2D eigenvalue weighted by atomic mass is 16.5. The minimum absolute atomic E-state index is 0.00804. The zero-order chi connectivity index (χ0) is 13.7. The third-order valence-corrected chi connectivity index (χ3v) is 2.62. The molecule has 0 aromatic heterocycles. The summed E-state index contributed by atoms with van der Waals surface area (Å²) in [4.78, 5) is 11.3. The van der Waals surface area contributed by atoms with E-state index in [1.54, 1.807) is 48.5 Å². The van der Waals surface area contributed by atoms with E-state index in [9.17, 15) is 4.79 Å². The number of benzene rings is 2. The van der Waals surface area contributed by atoms with Crippen molar-refractivity contribution in [3.05, 3.63) is 59.7 Å². The molecule has 0 aliphatic carbocycles. The van der Waals surface area contributed by atoms with Crippen LogP contribution in [-0.4, -0.2) is 18.2 Å². The first kappa shape index (κ1) is 13.1. The molecule has 19 heavy (non-hydrogen) atoms. The quantitative estimate of drug-likeness (QED) is 0.857. The Hall–Kier alpha value is -2.33. The van der Waals surface area contributed by atoms with Crippen molar-refractivity contribution in [1.82, 2.24) is 0 Å². The Balaban J connectivity index is 2.08. The fourth-order valence-corrected chi connectivity index (χ4v) is 1.58. The van der Waals surface area contributed by atoms with Crippen molar-refractivity contribution < 1.29 is 19.4 Å². The second-order valence-electron chi connectivity index (χ2n) is 3.92. The summed E-state index contributed by atoms with van der Waals surface area (Å²) in [7, 11) is 1.34. The van der Waals surface area contributed by atoms with Gasteiger partial charge in [-0.05, 0) is 42.0 Å². The smallest absolute Gasteiger partial charge is 0.337 e. The van der Waals surface area contributed by atoms with Crippen LogP contribution in [-0.2, 0) is 11.3 Å². The van der Waals surface area contributed by atoms with E-state index in [1.807, 2.05) is 0 Å². The van der Waals surface area contributed by atoms with E-state index in [1.165, 1.54) is 7.11 Å². The minimum Gasteiger partial charge on any atom is -0.465 e. The summed E-state index contributed by atoms with van der Waals surface area (Å²) in [6.07, 6.45) is 0. The number of hydrogen-bond donors (Lipinski definition) is 1. The van der Waals surface area contributed by atoms with Gasteiger partial charge in [0.15, 0.2) is 0 Å². The lowest BCUT2D eigenvalue weighted by atomic mass is 10.2. The number of ether oxygens (including phenoxy) is 2. The molecule has 0 amide bonds. The normalized spacial score (nSPS) is 10.0. The number of carbonyl (C=O) groups is 1. The summed E-state index contributed by atoms with van der Waals surface area (Å²) < 4.78 is 10.2. The van der Waals surface area contributed by atoms with E-state index >= 15 is 0 Å². The van der Waals surface area contributed by atoms with Crippen LogP contribution in [0.15, 0.2) is 48.5 Å². The average Bonchev–Trinajstić information content (AvgIpc) is 2.48. The largest absolute Gasteiger partial charge is 0.465 e. The fraction of sp³-hybridized carbons (Fsp3) is 0.133. The molecule has 0 aliphatic heterocycles. The fourth-order valence-electron chi connectivity index (χ4n) is 1.58. The van der Waals surface area contributed by atoms with Crippen LogP contribution >= 0.6 is 0 Å². The lowest BCUT2D eigenvalue weighted by molar-refractivity contribution is 0.0600. The number of rotatable bonds is 4. The van der Waals surface area contributed by atoms with Gasteiger partial charge in [-0.2, -0.15) is 0 Å². The van der Waals surface area contributed by atoms with E-state index < -0.39 is 0 Å². The van der Waals surface area contributed by atoms with Gasteiger partial charge in [0.25, 0.3) is 0 Å². The SMILES string of the molecule is COC(=O)c1ccc(Oc2ccc(CO)cc2)cc1. The summed E-state index contributed by atoms with van der Waals surface area (Å²) in [6.45, 7) is 0.00804. The Labute approximate surface area is 111 Å². The zero-order valence-electron chi connectivity index (χ0n) is 10.5. The van der Waals surface area contributed by atoms with Gasteiger partial charge < -0.3 is 14.6 Å². The third kappa shape index (κ3) is 3.33. The highest BCUT2D eigenvalue weighted by Gasteiger charge is 2.05. The second-order valence-corrected chi connectivity index (χ2v) is 3.92. The molecule has 0 heterocycles. The van der Waals surface area contributed by atoms with Gasteiger partial charge >= 0.3 is 5.97 Å². The Morgan fingerprint density at radius 2 is 1.53 bits per heavy atom. The molecule has 0 fully saturated rings. The van der Waals surface area contributed by atoms with Gasteiger partial charge in [-0.15, -0.1) is 0 Å². The van der Waals surface area contributed by atoms with Crippen molar-refractivity contribution in [2.75, 3.05) is 7.11 Å². The van der Waals surface area contributed by atoms with Crippen molar-refractivity contribution in [2.24, 2.45) is 0 Å². The van der Waals surface area contributed by atoms with E-state index in [4.69, 9.17) is 9.84 Å². The minimum atomic E-state index is -0.376. The van der Waals surface area contributed by atoms with Crippen LogP contribution in [0.4, 0.5) is 0 Å². The maximum absolute atomic E-state index is 11.3. The summed E-state index contributed by atoms with van der Waals surface area (Å²) in [5, 5.41) is 8.94. The Morgan fingerprint density at radius 1 is 1.00 bits per heavy atom. The molecule has 2 aromatic carbocycles. The molecule has 0 unspecified atom stereocenters. The summed E-state index contributed by atoms with van der Waals surface area (Å²) in [5.41, 5.74) is 1.30. The van der Waals surface area contributed by atoms with Crippen molar-refractivity contribution >= 4 is 5.97 Å². The van der Waals surface area contributed by atoms with Crippen LogP contribution in [0, 0.1) is 0 Å². The molecule has 0 radical (unpaired) electrons. The van der Waals surface area contributed by atoms with Crippen molar-refractivity contribution in [3.8, 4) is 11.5 Å². The predicted molar refractivity (Wildman–Crippen MR) is 70.2 cm³/mol.